The summed E-state index contributed by atoms with van der Waals surface area (Å²) in [6.07, 6.45) is 4.92. The Bertz CT molecular complexity index is 2390. The van der Waals surface area contributed by atoms with Gasteiger partial charge >= 0.3 is 18.0 Å². The van der Waals surface area contributed by atoms with Gasteiger partial charge in [0.25, 0.3) is 5.91 Å². The zero-order chi connectivity index (χ0) is 46.8. The number of ether oxygens (including phenoxy) is 3. The molecule has 17 heteroatoms. The first kappa shape index (κ1) is 47.9. The average molecular weight is 915 g/mol. The van der Waals surface area contributed by atoms with Crippen LogP contribution in [0.5, 0.6) is 0 Å². The van der Waals surface area contributed by atoms with E-state index in [9.17, 15) is 24.3 Å². The summed E-state index contributed by atoms with van der Waals surface area (Å²) >= 11 is 1.38. The number of benzene rings is 1. The molecule has 0 bridgehead atoms. The first-order chi connectivity index (χ1) is 30.8. The normalized spacial score (nSPS) is 19.2. The lowest BCUT2D eigenvalue weighted by atomic mass is 9.84. The zero-order valence-corrected chi connectivity index (χ0v) is 40.2. The Morgan fingerprint density at radius 1 is 1.05 bits per heavy atom. The molecular weight excluding hydrogens is 849 g/mol. The van der Waals surface area contributed by atoms with E-state index in [1.807, 2.05) is 18.5 Å². The molecule has 65 heavy (non-hydrogen) atoms. The molecule has 3 fully saturated rings. The van der Waals surface area contributed by atoms with Crippen LogP contribution in [0.25, 0.3) is 33.4 Å². The number of nitrogens with one attached hydrogen (secondary N) is 2. The molecule has 4 atom stereocenters. The van der Waals surface area contributed by atoms with Crippen molar-refractivity contribution in [3.05, 3.63) is 52.1 Å². The highest BCUT2D eigenvalue weighted by molar-refractivity contribution is 7.10. The lowest BCUT2D eigenvalue weighted by molar-refractivity contribution is -0.148. The minimum Gasteiger partial charge on any atom is -0.480 e. The van der Waals surface area contributed by atoms with Crippen LogP contribution in [0.4, 0.5) is 10.5 Å². The summed E-state index contributed by atoms with van der Waals surface area (Å²) in [6, 6.07) is 7.20. The summed E-state index contributed by atoms with van der Waals surface area (Å²) in [4.78, 5) is 66.2. The second kappa shape index (κ2) is 19.8. The van der Waals surface area contributed by atoms with E-state index in [0.29, 0.717) is 49.1 Å². The minimum absolute atomic E-state index is 0.0620. The average Bonchev–Trinajstić information content (AvgIpc) is 4.01. The van der Waals surface area contributed by atoms with Gasteiger partial charge < -0.3 is 34.1 Å². The van der Waals surface area contributed by atoms with Crippen molar-refractivity contribution in [2.24, 2.45) is 5.41 Å². The fourth-order valence-electron chi connectivity index (χ4n) is 9.39. The molecule has 3 N–H and O–H groups in total. The quantitative estimate of drug-likeness (QED) is 0.104. The number of fused-ring (bicyclic) bond motifs is 2. The van der Waals surface area contributed by atoms with E-state index in [4.69, 9.17) is 24.2 Å². The number of carbonyl (C=O) groups is 4. The van der Waals surface area contributed by atoms with Crippen molar-refractivity contribution in [3.8, 4) is 22.5 Å². The van der Waals surface area contributed by atoms with Gasteiger partial charge in [-0.05, 0) is 97.0 Å². The molecule has 3 aliphatic rings. The largest absolute Gasteiger partial charge is 0.480 e. The molecular formula is C48H66N8O8S. The van der Waals surface area contributed by atoms with Crippen molar-refractivity contribution >= 4 is 51.9 Å². The van der Waals surface area contributed by atoms with Gasteiger partial charge in [-0.2, -0.15) is 0 Å². The molecule has 0 spiro atoms. The van der Waals surface area contributed by atoms with Gasteiger partial charge in [0.05, 0.1) is 46.7 Å². The van der Waals surface area contributed by atoms with E-state index < -0.39 is 41.1 Å². The molecule has 6 heterocycles. The van der Waals surface area contributed by atoms with E-state index in [2.05, 4.69) is 70.1 Å². The SMILES string of the molecule is CCn1c(-c2cc(N3CCN4CCC[C@@H]4C3)cnc2C(C)OC)c(CC(C)(C)COC(C)=O)c2cc(-c3csc(CC(NC(=O)OC(C)(C)C)C(=O)N4CCC[C@@H](C(=O)O)N4)n3)ccc21. The highest BCUT2D eigenvalue weighted by Crippen LogP contribution is 2.43. The number of esters is 1. The molecule has 3 saturated heterocycles. The predicted molar refractivity (Wildman–Crippen MR) is 251 cm³/mol. The van der Waals surface area contributed by atoms with Crippen LogP contribution >= 0.6 is 11.3 Å². The van der Waals surface area contributed by atoms with E-state index in [1.165, 1.54) is 36.1 Å². The third-order valence-corrected chi connectivity index (χ3v) is 13.5. The number of carbonyl (C=O) groups excluding carboxylic acids is 3. The van der Waals surface area contributed by atoms with Gasteiger partial charge in [0.15, 0.2) is 0 Å². The van der Waals surface area contributed by atoms with Crippen LogP contribution < -0.4 is 15.6 Å². The van der Waals surface area contributed by atoms with Gasteiger partial charge in [0, 0.05) is 92.0 Å². The van der Waals surface area contributed by atoms with Crippen molar-refractivity contribution in [2.45, 2.75) is 130 Å². The summed E-state index contributed by atoms with van der Waals surface area (Å²) in [7, 11) is 1.71. The van der Waals surface area contributed by atoms with E-state index >= 15 is 0 Å². The van der Waals surface area contributed by atoms with Crippen LogP contribution in [-0.4, -0.2) is 124 Å². The Balaban J connectivity index is 1.29. The van der Waals surface area contributed by atoms with E-state index in [0.717, 1.165) is 70.8 Å². The number of hydrogen-bond acceptors (Lipinski definition) is 13. The van der Waals surface area contributed by atoms with Gasteiger partial charge in [0.2, 0.25) is 0 Å². The number of thiazole rings is 1. The van der Waals surface area contributed by atoms with Gasteiger partial charge in [-0.15, -0.1) is 11.3 Å². The lowest BCUT2D eigenvalue weighted by Gasteiger charge is -2.39. The van der Waals surface area contributed by atoms with Crippen molar-refractivity contribution in [3.63, 3.8) is 0 Å². The maximum atomic E-state index is 14.0. The number of aryl methyl sites for hydroxylation is 1. The molecule has 1 aromatic carbocycles. The number of methoxy groups -OCH3 is 1. The summed E-state index contributed by atoms with van der Waals surface area (Å²) in [5.74, 6) is -1.85. The molecule has 2 amide bonds. The van der Waals surface area contributed by atoms with Crippen LogP contribution in [0, 0.1) is 5.41 Å². The Morgan fingerprint density at radius 2 is 1.82 bits per heavy atom. The number of hydrazine groups is 1. The van der Waals surface area contributed by atoms with Crippen LogP contribution in [-0.2, 0) is 48.0 Å². The lowest BCUT2D eigenvalue weighted by Crippen LogP contribution is -2.60. The van der Waals surface area contributed by atoms with E-state index in [1.54, 1.807) is 27.9 Å². The fourth-order valence-corrected chi connectivity index (χ4v) is 10.2. The second-order valence-electron chi connectivity index (χ2n) is 19.4. The number of pyridine rings is 1. The first-order valence-electron chi connectivity index (χ1n) is 22.9. The standard InChI is InChI=1S/C48H66N8O8S/c1-10-55-40-16-15-31(39-27-65-41(50-39)23-38(51-46(61)64-47(4,5)6)44(58)56-18-12-14-37(52-56)45(59)60)21-34(40)36(24-48(7,8)28-63-30(3)57)43(55)35-22-33(25-49-42(35)29(2)62-9)54-20-19-53-17-11-13-32(53)26-54/h15-16,21-22,25,27,29,32,37-38,52H,10-14,17-20,23-24,26,28H2,1-9H3,(H,51,61)(H,59,60)/t29?,32-,37+,38?/m1/s1. The van der Waals surface area contributed by atoms with Crippen molar-refractivity contribution in [2.75, 3.05) is 51.3 Å². The summed E-state index contributed by atoms with van der Waals surface area (Å²) < 4.78 is 19.5. The van der Waals surface area contributed by atoms with Gasteiger partial charge in [-0.3, -0.25) is 29.3 Å². The Labute approximate surface area is 386 Å². The summed E-state index contributed by atoms with van der Waals surface area (Å²) in [6.45, 7) is 20.4. The number of alkyl carbamates (subject to hydrolysis) is 1. The number of carboxylic acid groups (broad SMARTS) is 1. The van der Waals surface area contributed by atoms with Gasteiger partial charge in [-0.25, -0.2) is 15.2 Å². The smallest absolute Gasteiger partial charge is 0.408 e. The maximum Gasteiger partial charge on any atom is 0.408 e. The zero-order valence-electron chi connectivity index (χ0n) is 39.4. The Kier molecular flexibility index (Phi) is 14.6. The number of nitrogens with zero attached hydrogens (tertiary/aromatic N) is 6. The van der Waals surface area contributed by atoms with Crippen molar-refractivity contribution < 1.29 is 38.5 Å². The number of piperazine rings is 1. The maximum absolute atomic E-state index is 14.0. The molecule has 0 radical (unpaired) electrons. The Morgan fingerprint density at radius 3 is 2.52 bits per heavy atom. The predicted octanol–water partition coefficient (Wildman–Crippen LogP) is 6.99. The molecule has 16 nitrogen and oxygen atoms in total. The minimum atomic E-state index is -1.08. The van der Waals surface area contributed by atoms with Crippen LogP contribution in [0.3, 0.4) is 0 Å². The van der Waals surface area contributed by atoms with Crippen LogP contribution in [0.15, 0.2) is 35.8 Å². The van der Waals surface area contributed by atoms with Crippen LogP contribution in [0.1, 0.15) is 103 Å². The van der Waals surface area contributed by atoms with Gasteiger partial charge in [-0.1, -0.05) is 19.9 Å². The molecule has 7 rings (SSSR count). The first-order valence-corrected chi connectivity index (χ1v) is 23.8. The van der Waals surface area contributed by atoms with Crippen molar-refractivity contribution in [1.29, 1.82) is 0 Å². The van der Waals surface area contributed by atoms with Gasteiger partial charge in [0.1, 0.15) is 17.7 Å². The molecule has 3 aromatic heterocycles. The topological polar surface area (TPSA) is 181 Å². The molecule has 2 unspecified atom stereocenters. The third kappa shape index (κ3) is 11.1. The Hall–Kier alpha value is -5.10. The number of amides is 2. The van der Waals surface area contributed by atoms with Crippen LogP contribution in [0.2, 0.25) is 0 Å². The number of anilines is 1. The molecule has 0 saturated carbocycles. The highest BCUT2D eigenvalue weighted by Gasteiger charge is 2.36. The number of aliphatic carboxylic acids is 1. The molecule has 4 aromatic rings. The molecule has 352 valence electrons. The van der Waals surface area contributed by atoms with E-state index in [-0.39, 0.29) is 25.1 Å². The summed E-state index contributed by atoms with van der Waals surface area (Å²) in [5.41, 5.74) is 9.28. The number of rotatable bonds is 15. The monoisotopic (exact) mass is 914 g/mol. The number of hydrogen-bond donors (Lipinski definition) is 3. The fraction of sp³-hybridized carbons (Fsp3) is 0.583. The number of carboxylic acids is 1. The third-order valence-electron chi connectivity index (χ3n) is 12.6. The molecule has 0 aliphatic carbocycles. The molecule has 3 aliphatic heterocycles. The highest BCUT2D eigenvalue weighted by atomic mass is 32.1. The number of aromatic nitrogens is 3. The summed E-state index contributed by atoms with van der Waals surface area (Å²) in [5, 5.41) is 17.3. The van der Waals surface area contributed by atoms with Crippen molar-refractivity contribution in [1.82, 2.24) is 35.2 Å². The second-order valence-corrected chi connectivity index (χ2v) is 20.3.